The Morgan fingerprint density at radius 2 is 1.64 bits per heavy atom. The third-order valence-corrected chi connectivity index (χ3v) is 7.76. The van der Waals surface area contributed by atoms with Crippen LogP contribution in [0.25, 0.3) is 10.9 Å². The Balaban J connectivity index is 1.60. The number of ether oxygens (including phenoxy) is 1. The minimum Gasteiger partial charge on any atom is -0.379 e. The fraction of sp³-hybridized carbons (Fsp3) is 0.235. The fourth-order valence-electron chi connectivity index (χ4n) is 2.98. The van der Waals surface area contributed by atoms with Crippen molar-refractivity contribution in [3.63, 3.8) is 0 Å². The molecule has 11 heteroatoms. The van der Waals surface area contributed by atoms with Gasteiger partial charge in [-0.15, -0.1) is 0 Å². The third kappa shape index (κ3) is 3.49. The summed E-state index contributed by atoms with van der Waals surface area (Å²) in [5.74, 6) is 0. The van der Waals surface area contributed by atoms with Crippen molar-refractivity contribution in [2.24, 2.45) is 0 Å². The van der Waals surface area contributed by atoms with Crippen molar-refractivity contribution in [3.8, 4) is 0 Å². The predicted octanol–water partition coefficient (Wildman–Crippen LogP) is 1.38. The monoisotopic (exact) mass is 422 g/mol. The van der Waals surface area contributed by atoms with Crippen LogP contribution >= 0.6 is 0 Å². The number of anilines is 1. The zero-order chi connectivity index (χ0) is 19.8. The molecule has 2 N–H and O–H groups in total. The molecule has 28 heavy (non-hydrogen) atoms. The smallest absolute Gasteiger partial charge is 0.261 e. The molecule has 0 radical (unpaired) electrons. The van der Waals surface area contributed by atoms with E-state index in [1.807, 2.05) is 6.07 Å². The Morgan fingerprint density at radius 3 is 2.36 bits per heavy atom. The van der Waals surface area contributed by atoms with Crippen molar-refractivity contribution in [1.29, 1.82) is 0 Å². The lowest BCUT2D eigenvalue weighted by Gasteiger charge is -2.26. The molecule has 0 unspecified atom stereocenters. The van der Waals surface area contributed by atoms with Gasteiger partial charge in [0.2, 0.25) is 10.0 Å². The Hall–Kier alpha value is -2.47. The van der Waals surface area contributed by atoms with Gasteiger partial charge in [-0.1, -0.05) is 12.1 Å². The topological polar surface area (TPSA) is 121 Å². The summed E-state index contributed by atoms with van der Waals surface area (Å²) in [6.45, 7) is 1.24. The zero-order valence-electron chi connectivity index (χ0n) is 14.7. The average Bonchev–Trinajstić information content (AvgIpc) is 3.18. The lowest BCUT2D eigenvalue weighted by molar-refractivity contribution is 0.0730. The number of hydrogen-bond donors (Lipinski definition) is 2. The molecule has 1 fully saturated rings. The van der Waals surface area contributed by atoms with E-state index >= 15 is 0 Å². The maximum Gasteiger partial charge on any atom is 0.261 e. The number of benzene rings is 2. The van der Waals surface area contributed by atoms with Gasteiger partial charge in [-0.3, -0.25) is 9.82 Å². The highest BCUT2D eigenvalue weighted by Gasteiger charge is 2.27. The molecule has 0 aliphatic carbocycles. The van der Waals surface area contributed by atoms with E-state index in [0.29, 0.717) is 24.4 Å². The fourth-order valence-corrected chi connectivity index (χ4v) is 5.46. The highest BCUT2D eigenvalue weighted by atomic mass is 32.2. The van der Waals surface area contributed by atoms with Gasteiger partial charge in [0, 0.05) is 18.5 Å². The van der Waals surface area contributed by atoms with E-state index < -0.39 is 20.0 Å². The number of aromatic nitrogens is 2. The van der Waals surface area contributed by atoms with Crippen molar-refractivity contribution in [3.05, 3.63) is 48.7 Å². The van der Waals surface area contributed by atoms with Crippen LogP contribution in [0, 0.1) is 0 Å². The van der Waals surface area contributed by atoms with Crippen LogP contribution < -0.4 is 4.72 Å². The van der Waals surface area contributed by atoms with Gasteiger partial charge in [0.25, 0.3) is 10.0 Å². The number of nitrogens with one attached hydrogen (secondary N) is 2. The summed E-state index contributed by atoms with van der Waals surface area (Å²) in [6.07, 6.45) is 1.60. The molecular formula is C17H18N4O5S2. The predicted molar refractivity (Wildman–Crippen MR) is 103 cm³/mol. The second-order valence-corrected chi connectivity index (χ2v) is 9.85. The molecule has 1 aliphatic rings. The molecule has 0 amide bonds. The van der Waals surface area contributed by atoms with Gasteiger partial charge in [0.05, 0.1) is 40.4 Å². The number of H-pyrrole nitrogens is 1. The van der Waals surface area contributed by atoms with Gasteiger partial charge in [-0.2, -0.15) is 9.40 Å². The van der Waals surface area contributed by atoms with E-state index in [4.69, 9.17) is 4.74 Å². The lowest BCUT2D eigenvalue weighted by atomic mass is 10.2. The average molecular weight is 422 g/mol. The summed E-state index contributed by atoms with van der Waals surface area (Å²) in [5, 5.41) is 7.43. The minimum absolute atomic E-state index is 0.0371. The number of fused-ring (bicyclic) bond motifs is 1. The Kier molecular flexibility index (Phi) is 4.83. The first-order valence-electron chi connectivity index (χ1n) is 8.51. The van der Waals surface area contributed by atoms with Crippen LogP contribution in [-0.2, 0) is 24.8 Å². The highest BCUT2D eigenvalue weighted by molar-refractivity contribution is 7.92. The summed E-state index contributed by atoms with van der Waals surface area (Å²) in [5.41, 5.74) is 0.928. The molecule has 2 aromatic carbocycles. The highest BCUT2D eigenvalue weighted by Crippen LogP contribution is 2.25. The van der Waals surface area contributed by atoms with Crippen molar-refractivity contribution in [2.45, 2.75) is 9.79 Å². The molecule has 9 nitrogen and oxygen atoms in total. The molecule has 3 aromatic rings. The van der Waals surface area contributed by atoms with E-state index in [1.54, 1.807) is 18.3 Å². The minimum atomic E-state index is -3.90. The van der Waals surface area contributed by atoms with Gasteiger partial charge in [-0.25, -0.2) is 16.8 Å². The third-order valence-electron chi connectivity index (χ3n) is 4.46. The summed E-state index contributed by atoms with van der Waals surface area (Å²) in [6, 6.07) is 10.3. The van der Waals surface area contributed by atoms with E-state index in [1.165, 1.54) is 28.6 Å². The van der Waals surface area contributed by atoms with Gasteiger partial charge in [0.1, 0.15) is 0 Å². The van der Waals surface area contributed by atoms with E-state index in [2.05, 4.69) is 14.9 Å². The molecule has 2 heterocycles. The molecule has 1 aromatic heterocycles. The zero-order valence-corrected chi connectivity index (χ0v) is 16.3. The van der Waals surface area contributed by atoms with Crippen LogP contribution in [0.3, 0.4) is 0 Å². The summed E-state index contributed by atoms with van der Waals surface area (Å²) in [7, 11) is -7.58. The van der Waals surface area contributed by atoms with Gasteiger partial charge in [-0.05, 0) is 30.3 Å². The van der Waals surface area contributed by atoms with E-state index in [-0.39, 0.29) is 22.9 Å². The Bertz CT molecular complexity index is 1200. The van der Waals surface area contributed by atoms with E-state index in [0.717, 1.165) is 5.39 Å². The van der Waals surface area contributed by atoms with Crippen molar-refractivity contribution < 1.29 is 21.6 Å². The number of para-hydroxylation sites is 1. The summed E-state index contributed by atoms with van der Waals surface area (Å²) < 4.78 is 59.7. The maximum atomic E-state index is 12.7. The number of hydrogen-bond acceptors (Lipinski definition) is 6. The molecule has 4 rings (SSSR count). The lowest BCUT2D eigenvalue weighted by Crippen LogP contribution is -2.40. The first kappa shape index (κ1) is 18.9. The molecule has 0 spiro atoms. The second kappa shape index (κ2) is 7.17. The largest absolute Gasteiger partial charge is 0.379 e. The second-order valence-electron chi connectivity index (χ2n) is 6.23. The SMILES string of the molecule is O=S(=O)(Nc1cccc2cn[nH]c12)c1ccc(S(=O)(=O)N2CCOCC2)cc1. The van der Waals surface area contributed by atoms with Crippen LogP contribution in [0.5, 0.6) is 0 Å². The van der Waals surface area contributed by atoms with Crippen molar-refractivity contribution >= 4 is 36.6 Å². The molecule has 0 saturated carbocycles. The van der Waals surface area contributed by atoms with Crippen molar-refractivity contribution in [1.82, 2.24) is 14.5 Å². The van der Waals surface area contributed by atoms with Crippen LogP contribution in [0.4, 0.5) is 5.69 Å². The molecular weight excluding hydrogens is 404 g/mol. The molecule has 1 saturated heterocycles. The Labute approximate surface area is 162 Å². The van der Waals surface area contributed by atoms with Crippen LogP contribution in [0.1, 0.15) is 0 Å². The van der Waals surface area contributed by atoms with Crippen LogP contribution in [0.2, 0.25) is 0 Å². The molecule has 0 atom stereocenters. The normalized spacial score (nSPS) is 16.3. The van der Waals surface area contributed by atoms with Crippen LogP contribution in [0.15, 0.2) is 58.5 Å². The quantitative estimate of drug-likeness (QED) is 0.641. The van der Waals surface area contributed by atoms with Gasteiger partial charge < -0.3 is 4.74 Å². The van der Waals surface area contributed by atoms with Gasteiger partial charge >= 0.3 is 0 Å². The first-order valence-corrected chi connectivity index (χ1v) is 11.4. The Morgan fingerprint density at radius 1 is 0.964 bits per heavy atom. The maximum absolute atomic E-state index is 12.7. The number of nitrogens with zero attached hydrogens (tertiary/aromatic N) is 2. The van der Waals surface area contributed by atoms with E-state index in [9.17, 15) is 16.8 Å². The molecule has 1 aliphatic heterocycles. The van der Waals surface area contributed by atoms with Crippen molar-refractivity contribution in [2.75, 3.05) is 31.0 Å². The number of aromatic amines is 1. The molecule has 0 bridgehead atoms. The van der Waals surface area contributed by atoms with Gasteiger partial charge in [0.15, 0.2) is 0 Å². The number of rotatable bonds is 5. The molecule has 148 valence electrons. The summed E-state index contributed by atoms with van der Waals surface area (Å²) >= 11 is 0. The number of morpholine rings is 1. The first-order chi connectivity index (χ1) is 13.4. The number of sulfonamides is 2. The summed E-state index contributed by atoms with van der Waals surface area (Å²) in [4.78, 5) is 0.00830. The standard InChI is InChI=1S/C17H18N4O5S2/c22-27(23,20-16-3-1-2-13-12-18-19-17(13)16)14-4-6-15(7-5-14)28(24,25)21-8-10-26-11-9-21/h1-7,12,20H,8-11H2,(H,18,19). The van der Waals surface area contributed by atoms with Crippen LogP contribution in [-0.4, -0.2) is 57.6 Å².